The lowest BCUT2D eigenvalue weighted by atomic mass is 9.87. The molecule has 0 bridgehead atoms. The van der Waals surface area contributed by atoms with Gasteiger partial charge in [0.2, 0.25) is 5.91 Å². The largest absolute Gasteiger partial charge is 0.495 e. The number of thioether (sulfide) groups is 1. The summed E-state index contributed by atoms with van der Waals surface area (Å²) in [5.41, 5.74) is 0.999. The highest BCUT2D eigenvalue weighted by Crippen LogP contribution is 2.34. The summed E-state index contributed by atoms with van der Waals surface area (Å²) in [6.45, 7) is 6.28. The molecule has 3 aromatic carbocycles. The van der Waals surface area contributed by atoms with Gasteiger partial charge in [-0.15, -0.1) is 10.2 Å². The summed E-state index contributed by atoms with van der Waals surface area (Å²) in [7, 11) is 1.50. The number of para-hydroxylation sites is 2. The summed E-state index contributed by atoms with van der Waals surface area (Å²) in [5, 5.41) is 14.0. The predicted molar refractivity (Wildman–Crippen MR) is 160 cm³/mol. The van der Waals surface area contributed by atoms with Crippen molar-refractivity contribution in [3.05, 3.63) is 94.3 Å². The fourth-order valence-corrected chi connectivity index (χ4v) is 4.99. The molecule has 0 aliphatic rings. The molecule has 0 radical (unpaired) electrons. The van der Waals surface area contributed by atoms with Crippen molar-refractivity contribution < 1.29 is 27.5 Å². The van der Waals surface area contributed by atoms with E-state index < -0.39 is 17.6 Å². The van der Waals surface area contributed by atoms with Crippen LogP contribution in [0.2, 0.25) is 5.02 Å². The molecule has 0 unspecified atom stereocenters. The van der Waals surface area contributed by atoms with Crippen LogP contribution in [0, 0.1) is 0 Å². The molecule has 0 aliphatic carbocycles. The van der Waals surface area contributed by atoms with Crippen molar-refractivity contribution >= 4 is 40.9 Å². The second-order valence-corrected chi connectivity index (χ2v) is 11.8. The van der Waals surface area contributed by atoms with Crippen LogP contribution in [-0.2, 0) is 22.9 Å². The minimum Gasteiger partial charge on any atom is -0.495 e. The Morgan fingerprint density at radius 3 is 2.30 bits per heavy atom. The molecule has 0 atom stereocenters. The second kappa shape index (κ2) is 13.1. The normalized spacial score (nSPS) is 11.7. The minimum atomic E-state index is -4.59. The highest BCUT2D eigenvalue weighted by Gasteiger charge is 2.31. The van der Waals surface area contributed by atoms with E-state index in [0.717, 1.165) is 35.5 Å². The number of hydrogen-bond donors (Lipinski definition) is 2. The molecule has 4 aromatic rings. The molecule has 0 spiro atoms. The molecule has 13 heteroatoms. The van der Waals surface area contributed by atoms with Crippen LogP contribution in [0.25, 0.3) is 5.69 Å². The van der Waals surface area contributed by atoms with Crippen LogP contribution in [-0.4, -0.2) is 39.4 Å². The Morgan fingerprint density at radius 2 is 1.65 bits per heavy atom. The topological polar surface area (TPSA) is 98.1 Å². The minimum absolute atomic E-state index is 0.0114. The van der Waals surface area contributed by atoms with Gasteiger partial charge in [0.15, 0.2) is 11.0 Å². The number of rotatable bonds is 9. The maximum Gasteiger partial charge on any atom is 0.416 e. The summed E-state index contributed by atoms with van der Waals surface area (Å²) >= 11 is 7.02. The van der Waals surface area contributed by atoms with E-state index in [1.165, 1.54) is 7.11 Å². The molecule has 1 heterocycles. The molecule has 2 N–H and O–H groups in total. The molecular formula is C30H29ClF3N5O3S. The molecule has 2 amide bonds. The van der Waals surface area contributed by atoms with Gasteiger partial charge in [0, 0.05) is 5.56 Å². The number of aromatic nitrogens is 3. The third-order valence-corrected chi connectivity index (χ3v) is 7.61. The number of carbonyl (C=O) groups excluding carboxylic acids is 2. The van der Waals surface area contributed by atoms with Gasteiger partial charge in [0.05, 0.1) is 41.4 Å². The molecule has 0 aliphatic heterocycles. The van der Waals surface area contributed by atoms with Crippen molar-refractivity contribution in [1.29, 1.82) is 0 Å². The number of anilines is 1. The quantitative estimate of drug-likeness (QED) is 0.195. The van der Waals surface area contributed by atoms with Gasteiger partial charge in [-0.05, 0) is 53.4 Å². The highest BCUT2D eigenvalue weighted by atomic mass is 35.5. The standard InChI is InChI=1S/C30H29ClF3N5O3S/c1-29(2,3)19-11-9-18(10-12-19)27(41)35-16-25-37-38-28(39(25)23-7-5-6-8-24(23)42-4)43-17-26(40)36-22-15-20(30(32,33)34)13-14-21(22)31/h5-15H,16-17H2,1-4H3,(H,35,41)(H,36,40). The molecule has 1 aromatic heterocycles. The maximum absolute atomic E-state index is 13.1. The number of nitrogens with zero attached hydrogens (tertiary/aromatic N) is 3. The van der Waals surface area contributed by atoms with Crippen molar-refractivity contribution in [2.24, 2.45) is 0 Å². The fourth-order valence-electron chi connectivity index (χ4n) is 4.06. The van der Waals surface area contributed by atoms with E-state index in [1.807, 2.05) is 12.1 Å². The Hall–Kier alpha value is -4.03. The lowest BCUT2D eigenvalue weighted by molar-refractivity contribution is -0.137. The average molecular weight is 632 g/mol. The first-order valence-corrected chi connectivity index (χ1v) is 14.4. The predicted octanol–water partition coefficient (Wildman–Crippen LogP) is 6.91. The number of amides is 2. The smallest absolute Gasteiger partial charge is 0.416 e. The highest BCUT2D eigenvalue weighted by molar-refractivity contribution is 7.99. The Labute approximate surface area is 256 Å². The molecule has 8 nitrogen and oxygen atoms in total. The Morgan fingerprint density at radius 1 is 0.977 bits per heavy atom. The molecule has 4 rings (SSSR count). The van der Waals surface area contributed by atoms with Gasteiger partial charge in [-0.1, -0.05) is 68.4 Å². The first-order chi connectivity index (χ1) is 20.3. The molecule has 226 valence electrons. The first-order valence-electron chi connectivity index (χ1n) is 13.0. The van der Waals surface area contributed by atoms with Crippen LogP contribution in [0.15, 0.2) is 71.9 Å². The van der Waals surface area contributed by atoms with Crippen LogP contribution in [0.1, 0.15) is 48.1 Å². The van der Waals surface area contributed by atoms with Gasteiger partial charge in [0.25, 0.3) is 5.91 Å². The number of halogens is 4. The van der Waals surface area contributed by atoms with E-state index in [4.69, 9.17) is 16.3 Å². The maximum atomic E-state index is 13.1. The van der Waals surface area contributed by atoms with Crippen molar-refractivity contribution in [1.82, 2.24) is 20.1 Å². The SMILES string of the molecule is COc1ccccc1-n1c(CNC(=O)c2ccc(C(C)(C)C)cc2)nnc1SCC(=O)Nc1cc(C(F)(F)F)ccc1Cl. The Balaban J connectivity index is 1.53. The van der Waals surface area contributed by atoms with Crippen molar-refractivity contribution in [3.63, 3.8) is 0 Å². The number of carbonyl (C=O) groups is 2. The van der Waals surface area contributed by atoms with Crippen LogP contribution in [0.3, 0.4) is 0 Å². The third-order valence-electron chi connectivity index (χ3n) is 6.35. The van der Waals surface area contributed by atoms with Crippen molar-refractivity contribution in [2.75, 3.05) is 18.2 Å². The second-order valence-electron chi connectivity index (χ2n) is 10.4. The summed E-state index contributed by atoms with van der Waals surface area (Å²) in [4.78, 5) is 25.6. The number of ether oxygens (including phenoxy) is 1. The molecule has 0 saturated carbocycles. The van der Waals surface area contributed by atoms with Gasteiger partial charge >= 0.3 is 6.18 Å². The van der Waals surface area contributed by atoms with Crippen LogP contribution in [0.4, 0.5) is 18.9 Å². The van der Waals surface area contributed by atoms with Crippen LogP contribution in [0.5, 0.6) is 5.75 Å². The van der Waals surface area contributed by atoms with E-state index in [-0.39, 0.29) is 34.3 Å². The summed E-state index contributed by atoms with van der Waals surface area (Å²) in [6, 6.07) is 17.1. The first kappa shape index (κ1) is 31.9. The van der Waals surface area contributed by atoms with E-state index in [1.54, 1.807) is 41.0 Å². The lowest BCUT2D eigenvalue weighted by Gasteiger charge is -2.19. The number of methoxy groups -OCH3 is 1. The zero-order valence-corrected chi connectivity index (χ0v) is 25.3. The van der Waals surface area contributed by atoms with Crippen LogP contribution >= 0.6 is 23.4 Å². The number of benzene rings is 3. The number of hydrogen-bond acceptors (Lipinski definition) is 6. The van der Waals surface area contributed by atoms with Gasteiger partial charge in [-0.25, -0.2) is 0 Å². The lowest BCUT2D eigenvalue weighted by Crippen LogP contribution is -2.25. The summed E-state index contributed by atoms with van der Waals surface area (Å²) in [6.07, 6.45) is -4.59. The van der Waals surface area contributed by atoms with Gasteiger partial charge in [-0.3, -0.25) is 14.2 Å². The summed E-state index contributed by atoms with van der Waals surface area (Å²) < 4.78 is 46.5. The zero-order chi connectivity index (χ0) is 31.4. The zero-order valence-electron chi connectivity index (χ0n) is 23.8. The molecule has 0 fully saturated rings. The van der Waals surface area contributed by atoms with Gasteiger partial charge in [-0.2, -0.15) is 13.2 Å². The van der Waals surface area contributed by atoms with Crippen molar-refractivity contribution in [2.45, 2.75) is 44.1 Å². The molecule has 43 heavy (non-hydrogen) atoms. The van der Waals surface area contributed by atoms with E-state index >= 15 is 0 Å². The average Bonchev–Trinajstić information content (AvgIpc) is 3.37. The monoisotopic (exact) mass is 631 g/mol. The Bertz CT molecular complexity index is 1620. The van der Waals surface area contributed by atoms with Crippen LogP contribution < -0.4 is 15.4 Å². The van der Waals surface area contributed by atoms with E-state index in [2.05, 4.69) is 41.6 Å². The summed E-state index contributed by atoms with van der Waals surface area (Å²) in [5.74, 6) is -0.259. The molecule has 0 saturated heterocycles. The van der Waals surface area contributed by atoms with Gasteiger partial charge < -0.3 is 15.4 Å². The number of alkyl halides is 3. The van der Waals surface area contributed by atoms with E-state index in [0.29, 0.717) is 28.0 Å². The molecular weight excluding hydrogens is 603 g/mol. The fraction of sp³-hybridized carbons (Fsp3) is 0.267. The number of nitrogens with one attached hydrogen (secondary N) is 2. The third kappa shape index (κ3) is 7.88. The van der Waals surface area contributed by atoms with E-state index in [9.17, 15) is 22.8 Å². The van der Waals surface area contributed by atoms with Crippen molar-refractivity contribution in [3.8, 4) is 11.4 Å². The Kier molecular flexibility index (Phi) is 9.71. The van der Waals surface area contributed by atoms with Gasteiger partial charge in [0.1, 0.15) is 5.75 Å².